The summed E-state index contributed by atoms with van der Waals surface area (Å²) in [4.78, 5) is 0. The smallest absolute Gasteiger partial charge is 0.129 e. The predicted octanol–water partition coefficient (Wildman–Crippen LogP) is 6.51. The van der Waals surface area contributed by atoms with E-state index in [1.165, 1.54) is 27.5 Å². The van der Waals surface area contributed by atoms with Crippen molar-refractivity contribution in [3.8, 4) is 5.75 Å². The van der Waals surface area contributed by atoms with Crippen LogP contribution >= 0.6 is 15.9 Å². The van der Waals surface area contributed by atoms with E-state index >= 15 is 0 Å². The van der Waals surface area contributed by atoms with Crippen LogP contribution in [0.3, 0.4) is 0 Å². The van der Waals surface area contributed by atoms with Gasteiger partial charge >= 0.3 is 0 Å². The first-order chi connectivity index (χ1) is 11.4. The van der Waals surface area contributed by atoms with Crippen LogP contribution in [0.1, 0.15) is 30.5 Å². The highest BCUT2D eigenvalue weighted by Gasteiger charge is 2.27. The molecule has 0 unspecified atom stereocenters. The van der Waals surface area contributed by atoms with Gasteiger partial charge in [0, 0.05) is 10.0 Å². The number of benzene rings is 3. The Bertz CT molecular complexity index is 965. The molecule has 1 nitrogen and oxygen atoms in total. The third kappa shape index (κ3) is 2.76. The Morgan fingerprint density at radius 1 is 0.875 bits per heavy atom. The van der Waals surface area contributed by atoms with Crippen LogP contribution in [0.25, 0.3) is 16.3 Å². The number of rotatable bonds is 1. The first kappa shape index (κ1) is 15.5. The van der Waals surface area contributed by atoms with E-state index in [-0.39, 0.29) is 5.60 Å². The van der Waals surface area contributed by atoms with Gasteiger partial charge in [-0.3, -0.25) is 0 Å². The standard InChI is InChI=1S/C22H19BrO/c1-14-4-6-15(7-5-14)20-13-22(2,3)24-21-12-16-8-9-18(23)10-17(16)11-19(20)21/h4-13H,1-3H3. The van der Waals surface area contributed by atoms with Gasteiger partial charge in [0.2, 0.25) is 0 Å². The first-order valence-corrected chi connectivity index (χ1v) is 8.93. The van der Waals surface area contributed by atoms with Gasteiger partial charge in [-0.05, 0) is 73.0 Å². The van der Waals surface area contributed by atoms with E-state index in [2.05, 4.69) is 97.4 Å². The number of fused-ring (bicyclic) bond motifs is 2. The molecule has 120 valence electrons. The molecule has 0 bridgehead atoms. The van der Waals surface area contributed by atoms with Crippen molar-refractivity contribution in [1.29, 1.82) is 0 Å². The maximum Gasteiger partial charge on any atom is 0.129 e. The molecular formula is C22H19BrO. The highest BCUT2D eigenvalue weighted by molar-refractivity contribution is 9.10. The Morgan fingerprint density at radius 2 is 1.62 bits per heavy atom. The number of hydrogen-bond acceptors (Lipinski definition) is 1. The van der Waals surface area contributed by atoms with Crippen LogP contribution in [0, 0.1) is 6.92 Å². The zero-order chi connectivity index (χ0) is 16.9. The molecule has 0 saturated heterocycles. The quantitative estimate of drug-likeness (QED) is 0.468. The fraction of sp³-hybridized carbons (Fsp3) is 0.182. The predicted molar refractivity (Wildman–Crippen MR) is 105 cm³/mol. The Balaban J connectivity index is 1.96. The number of hydrogen-bond donors (Lipinski definition) is 0. The zero-order valence-electron chi connectivity index (χ0n) is 14.1. The molecule has 0 spiro atoms. The van der Waals surface area contributed by atoms with Crippen LogP contribution in [0.4, 0.5) is 0 Å². The molecule has 3 aromatic rings. The van der Waals surface area contributed by atoms with E-state index in [0.717, 1.165) is 15.8 Å². The van der Waals surface area contributed by atoms with Crippen molar-refractivity contribution in [3.05, 3.63) is 81.8 Å². The van der Waals surface area contributed by atoms with E-state index in [0.29, 0.717) is 0 Å². The fourth-order valence-corrected chi connectivity index (χ4v) is 3.63. The minimum absolute atomic E-state index is 0.323. The van der Waals surface area contributed by atoms with Crippen LogP contribution in [0.5, 0.6) is 5.75 Å². The second-order valence-electron chi connectivity index (χ2n) is 6.97. The van der Waals surface area contributed by atoms with Crippen LogP contribution < -0.4 is 4.74 Å². The molecule has 0 amide bonds. The Morgan fingerprint density at radius 3 is 2.38 bits per heavy atom. The molecular weight excluding hydrogens is 360 g/mol. The van der Waals surface area contributed by atoms with Gasteiger partial charge in [0.1, 0.15) is 11.4 Å². The van der Waals surface area contributed by atoms with E-state index in [4.69, 9.17) is 4.74 Å². The average Bonchev–Trinajstić information content (AvgIpc) is 2.53. The summed E-state index contributed by atoms with van der Waals surface area (Å²) in [6.07, 6.45) is 2.23. The van der Waals surface area contributed by atoms with Crippen molar-refractivity contribution < 1.29 is 4.74 Å². The monoisotopic (exact) mass is 378 g/mol. The van der Waals surface area contributed by atoms with Crippen molar-refractivity contribution in [3.63, 3.8) is 0 Å². The molecule has 0 saturated carbocycles. The molecule has 4 rings (SSSR count). The van der Waals surface area contributed by atoms with Crippen molar-refractivity contribution in [2.24, 2.45) is 0 Å². The molecule has 0 fully saturated rings. The molecule has 3 aromatic carbocycles. The SMILES string of the molecule is Cc1ccc(C2=CC(C)(C)Oc3cc4ccc(Br)cc4cc32)cc1. The Labute approximate surface area is 151 Å². The molecule has 24 heavy (non-hydrogen) atoms. The van der Waals surface area contributed by atoms with Gasteiger partial charge in [-0.2, -0.15) is 0 Å². The zero-order valence-corrected chi connectivity index (χ0v) is 15.6. The maximum absolute atomic E-state index is 6.24. The molecule has 1 heterocycles. The Hall–Kier alpha value is -2.06. The van der Waals surface area contributed by atoms with Crippen molar-refractivity contribution >= 4 is 32.3 Å². The number of ether oxygens (including phenoxy) is 1. The molecule has 0 aromatic heterocycles. The lowest BCUT2D eigenvalue weighted by Crippen LogP contribution is -2.29. The van der Waals surface area contributed by atoms with Gasteiger partial charge < -0.3 is 4.74 Å². The van der Waals surface area contributed by atoms with Gasteiger partial charge in [0.15, 0.2) is 0 Å². The summed E-state index contributed by atoms with van der Waals surface area (Å²) in [5, 5.41) is 2.40. The summed E-state index contributed by atoms with van der Waals surface area (Å²) in [6, 6.07) is 19.4. The average molecular weight is 379 g/mol. The third-order valence-corrected chi connectivity index (χ3v) is 4.91. The lowest BCUT2D eigenvalue weighted by atomic mass is 9.88. The van der Waals surface area contributed by atoms with Crippen LogP contribution in [0.15, 0.2) is 65.1 Å². The van der Waals surface area contributed by atoms with Gasteiger partial charge in [-0.15, -0.1) is 0 Å². The molecule has 1 aliphatic rings. The third-order valence-electron chi connectivity index (χ3n) is 4.42. The number of aryl methyl sites for hydroxylation is 1. The van der Waals surface area contributed by atoms with E-state index in [1.54, 1.807) is 0 Å². The van der Waals surface area contributed by atoms with Gasteiger partial charge in [0.05, 0.1) is 0 Å². The molecule has 0 aliphatic carbocycles. The van der Waals surface area contributed by atoms with Crippen molar-refractivity contribution in [2.75, 3.05) is 0 Å². The summed E-state index contributed by atoms with van der Waals surface area (Å²) >= 11 is 3.57. The summed E-state index contributed by atoms with van der Waals surface area (Å²) in [5.74, 6) is 0.952. The normalized spacial score (nSPS) is 15.6. The highest BCUT2D eigenvalue weighted by atomic mass is 79.9. The second kappa shape index (κ2) is 5.49. The highest BCUT2D eigenvalue weighted by Crippen LogP contribution is 2.41. The van der Waals surface area contributed by atoms with Crippen LogP contribution in [-0.2, 0) is 0 Å². The summed E-state index contributed by atoms with van der Waals surface area (Å²) in [5.41, 5.74) is 4.57. The molecule has 0 N–H and O–H groups in total. The lowest BCUT2D eigenvalue weighted by Gasteiger charge is -2.31. The number of halogens is 1. The van der Waals surface area contributed by atoms with Crippen LogP contribution in [0.2, 0.25) is 0 Å². The van der Waals surface area contributed by atoms with E-state index in [1.807, 2.05) is 0 Å². The fourth-order valence-electron chi connectivity index (χ4n) is 3.25. The van der Waals surface area contributed by atoms with Crippen LogP contribution in [-0.4, -0.2) is 5.60 Å². The van der Waals surface area contributed by atoms with Crippen molar-refractivity contribution in [1.82, 2.24) is 0 Å². The second-order valence-corrected chi connectivity index (χ2v) is 7.89. The molecule has 0 atom stereocenters. The van der Waals surface area contributed by atoms with Gasteiger partial charge in [-0.1, -0.05) is 51.8 Å². The lowest BCUT2D eigenvalue weighted by molar-refractivity contribution is 0.158. The maximum atomic E-state index is 6.24. The molecule has 1 aliphatic heterocycles. The van der Waals surface area contributed by atoms with E-state index < -0.39 is 0 Å². The largest absolute Gasteiger partial charge is 0.483 e. The minimum atomic E-state index is -0.323. The summed E-state index contributed by atoms with van der Waals surface area (Å²) in [6.45, 7) is 6.33. The topological polar surface area (TPSA) is 9.23 Å². The minimum Gasteiger partial charge on any atom is -0.483 e. The summed E-state index contributed by atoms with van der Waals surface area (Å²) in [7, 11) is 0. The van der Waals surface area contributed by atoms with Gasteiger partial charge in [0.25, 0.3) is 0 Å². The van der Waals surface area contributed by atoms with Crippen molar-refractivity contribution in [2.45, 2.75) is 26.4 Å². The summed E-state index contributed by atoms with van der Waals surface area (Å²) < 4.78 is 7.34. The first-order valence-electron chi connectivity index (χ1n) is 8.14. The Kier molecular flexibility index (Phi) is 3.54. The molecule has 0 radical (unpaired) electrons. The molecule has 2 heteroatoms. The van der Waals surface area contributed by atoms with Gasteiger partial charge in [-0.25, -0.2) is 0 Å². The van der Waals surface area contributed by atoms with E-state index in [9.17, 15) is 0 Å².